The lowest BCUT2D eigenvalue weighted by molar-refractivity contribution is -0.00616. The second-order valence-electron chi connectivity index (χ2n) is 3.13. The topological polar surface area (TPSA) is 58.0 Å². The Kier molecular flexibility index (Phi) is 2.74. The third-order valence-electron chi connectivity index (χ3n) is 2.11. The van der Waals surface area contributed by atoms with Crippen molar-refractivity contribution in [3.63, 3.8) is 0 Å². The maximum Gasteiger partial charge on any atom is 0.0634 e. The normalized spacial score (nSPS) is 37.8. The van der Waals surface area contributed by atoms with Gasteiger partial charge in [0.25, 0.3) is 0 Å². The second-order valence-corrected chi connectivity index (χ2v) is 3.13. The first-order valence-electron chi connectivity index (χ1n) is 3.90. The largest absolute Gasteiger partial charge is 0.378 e. The highest BCUT2D eigenvalue weighted by atomic mass is 16.5. The lowest BCUT2D eigenvalue weighted by Gasteiger charge is -2.29. The predicted octanol–water partition coefficient (Wildman–Crippen LogP) is 2.11. The van der Waals surface area contributed by atoms with E-state index in [9.17, 15) is 0 Å². The smallest absolute Gasteiger partial charge is 0.0634 e. The molecule has 0 radical (unpaired) electrons. The Morgan fingerprint density at radius 2 is 2.27 bits per heavy atom. The van der Waals surface area contributed by atoms with Gasteiger partial charge in [-0.15, -0.1) is 0 Å². The zero-order valence-corrected chi connectivity index (χ0v) is 6.90. The van der Waals surface area contributed by atoms with Gasteiger partial charge in [0, 0.05) is 4.91 Å². The molecule has 0 unspecified atom stereocenters. The van der Waals surface area contributed by atoms with Crippen molar-refractivity contribution < 1.29 is 4.74 Å². The van der Waals surface area contributed by atoms with Crippen LogP contribution < -0.4 is 0 Å². The Morgan fingerprint density at radius 3 is 2.82 bits per heavy atom. The molecule has 0 aromatic heterocycles. The number of hydrogen-bond donors (Lipinski definition) is 0. The molecule has 0 amide bonds. The van der Waals surface area contributed by atoms with Crippen molar-refractivity contribution in [2.24, 2.45) is 11.0 Å². The lowest BCUT2D eigenvalue weighted by Crippen LogP contribution is -2.33. The molecule has 1 rings (SSSR count). The van der Waals surface area contributed by atoms with Gasteiger partial charge in [-0.05, 0) is 24.8 Å². The molecule has 0 spiro atoms. The Morgan fingerprint density at radius 1 is 1.55 bits per heavy atom. The molecule has 0 bridgehead atoms. The van der Waals surface area contributed by atoms with E-state index in [2.05, 4.69) is 16.9 Å². The van der Waals surface area contributed by atoms with Gasteiger partial charge < -0.3 is 4.74 Å². The van der Waals surface area contributed by atoms with E-state index in [1.165, 1.54) is 0 Å². The van der Waals surface area contributed by atoms with E-state index in [-0.39, 0.29) is 6.04 Å². The first-order chi connectivity index (χ1) is 5.24. The SMILES string of the molecule is C[C@H]1C[C@H](C)[C@H](N=[N+]=[N-])CO1. The Labute approximate surface area is 66.2 Å². The number of rotatable bonds is 1. The van der Waals surface area contributed by atoms with Crippen LogP contribution in [-0.2, 0) is 4.74 Å². The average molecular weight is 155 g/mol. The minimum absolute atomic E-state index is 0.0381. The monoisotopic (exact) mass is 155 g/mol. The molecular weight excluding hydrogens is 142 g/mol. The summed E-state index contributed by atoms with van der Waals surface area (Å²) in [7, 11) is 0. The fourth-order valence-corrected chi connectivity index (χ4v) is 1.39. The van der Waals surface area contributed by atoms with E-state index < -0.39 is 0 Å². The van der Waals surface area contributed by atoms with Gasteiger partial charge in [-0.2, -0.15) is 0 Å². The van der Waals surface area contributed by atoms with E-state index in [0.29, 0.717) is 18.6 Å². The van der Waals surface area contributed by atoms with Gasteiger partial charge in [0.2, 0.25) is 0 Å². The Hall–Kier alpha value is -0.730. The highest BCUT2D eigenvalue weighted by Crippen LogP contribution is 2.21. The van der Waals surface area contributed by atoms with Gasteiger partial charge >= 0.3 is 0 Å². The average Bonchev–Trinajstić information content (AvgIpc) is 1.95. The number of nitrogens with zero attached hydrogens (tertiary/aromatic N) is 3. The van der Waals surface area contributed by atoms with E-state index in [4.69, 9.17) is 10.3 Å². The summed E-state index contributed by atoms with van der Waals surface area (Å²) >= 11 is 0. The van der Waals surface area contributed by atoms with Gasteiger partial charge in [-0.25, -0.2) is 0 Å². The fourth-order valence-electron chi connectivity index (χ4n) is 1.39. The molecule has 0 N–H and O–H groups in total. The summed E-state index contributed by atoms with van der Waals surface area (Å²) in [5.74, 6) is 0.453. The zero-order valence-electron chi connectivity index (χ0n) is 6.90. The van der Waals surface area contributed by atoms with Gasteiger partial charge in [0.15, 0.2) is 0 Å². The molecular formula is C7H13N3O. The van der Waals surface area contributed by atoms with Crippen molar-refractivity contribution >= 4 is 0 Å². The number of azide groups is 1. The summed E-state index contributed by atoms with van der Waals surface area (Å²) in [4.78, 5) is 2.78. The summed E-state index contributed by atoms with van der Waals surface area (Å²) in [5.41, 5.74) is 8.20. The van der Waals surface area contributed by atoms with Crippen LogP contribution in [0.3, 0.4) is 0 Å². The third kappa shape index (κ3) is 2.10. The highest BCUT2D eigenvalue weighted by Gasteiger charge is 2.24. The molecule has 0 aliphatic carbocycles. The van der Waals surface area contributed by atoms with E-state index in [0.717, 1.165) is 6.42 Å². The van der Waals surface area contributed by atoms with Crippen LogP contribution in [0.2, 0.25) is 0 Å². The van der Waals surface area contributed by atoms with Crippen LogP contribution in [0, 0.1) is 5.92 Å². The summed E-state index contributed by atoms with van der Waals surface area (Å²) in [6.45, 7) is 4.72. The van der Waals surface area contributed by atoms with Crippen molar-refractivity contribution in [3.8, 4) is 0 Å². The lowest BCUT2D eigenvalue weighted by atomic mass is 9.94. The molecule has 1 aliphatic rings. The Bertz CT molecular complexity index is 177. The van der Waals surface area contributed by atoms with Gasteiger partial charge in [0.05, 0.1) is 18.8 Å². The van der Waals surface area contributed by atoms with Crippen LogP contribution >= 0.6 is 0 Å². The van der Waals surface area contributed by atoms with Crippen molar-refractivity contribution in [1.82, 2.24) is 0 Å². The van der Waals surface area contributed by atoms with Crippen molar-refractivity contribution in [3.05, 3.63) is 10.4 Å². The van der Waals surface area contributed by atoms with Crippen LogP contribution in [0.25, 0.3) is 10.4 Å². The van der Waals surface area contributed by atoms with Crippen LogP contribution in [-0.4, -0.2) is 18.8 Å². The molecule has 0 saturated carbocycles. The molecule has 3 atom stereocenters. The zero-order chi connectivity index (χ0) is 8.27. The van der Waals surface area contributed by atoms with Gasteiger partial charge in [0.1, 0.15) is 0 Å². The van der Waals surface area contributed by atoms with E-state index in [1.807, 2.05) is 6.92 Å². The Balaban J connectivity index is 2.50. The molecule has 4 nitrogen and oxygen atoms in total. The summed E-state index contributed by atoms with van der Waals surface area (Å²) in [5, 5.41) is 3.65. The van der Waals surface area contributed by atoms with Crippen LogP contribution in [0.15, 0.2) is 5.11 Å². The quantitative estimate of drug-likeness (QED) is 0.325. The summed E-state index contributed by atoms with van der Waals surface area (Å²) in [6, 6.07) is 0.0381. The molecule has 1 fully saturated rings. The minimum atomic E-state index is 0.0381. The molecule has 1 heterocycles. The van der Waals surface area contributed by atoms with Crippen molar-refractivity contribution in [2.75, 3.05) is 6.61 Å². The molecule has 0 aromatic carbocycles. The van der Waals surface area contributed by atoms with E-state index >= 15 is 0 Å². The second kappa shape index (κ2) is 3.60. The van der Waals surface area contributed by atoms with Gasteiger partial charge in [-0.1, -0.05) is 12.0 Å². The number of ether oxygens (including phenoxy) is 1. The first-order valence-corrected chi connectivity index (χ1v) is 3.90. The molecule has 1 aliphatic heterocycles. The first kappa shape index (κ1) is 8.37. The van der Waals surface area contributed by atoms with Crippen molar-refractivity contribution in [1.29, 1.82) is 0 Å². The minimum Gasteiger partial charge on any atom is -0.378 e. The third-order valence-corrected chi connectivity index (χ3v) is 2.11. The van der Waals surface area contributed by atoms with Gasteiger partial charge in [-0.3, -0.25) is 0 Å². The fraction of sp³-hybridized carbons (Fsp3) is 1.00. The van der Waals surface area contributed by atoms with Crippen LogP contribution in [0.5, 0.6) is 0 Å². The van der Waals surface area contributed by atoms with Crippen LogP contribution in [0.1, 0.15) is 20.3 Å². The maximum absolute atomic E-state index is 8.20. The van der Waals surface area contributed by atoms with Crippen molar-refractivity contribution in [2.45, 2.75) is 32.4 Å². The molecule has 62 valence electrons. The highest BCUT2D eigenvalue weighted by molar-refractivity contribution is 4.79. The molecule has 0 aromatic rings. The van der Waals surface area contributed by atoms with E-state index in [1.54, 1.807) is 0 Å². The molecule has 4 heteroatoms. The predicted molar refractivity (Wildman–Crippen MR) is 42.1 cm³/mol. The van der Waals surface area contributed by atoms with Crippen LogP contribution in [0.4, 0.5) is 0 Å². The standard InChI is InChI=1S/C7H13N3O/c1-5-3-6(2)11-4-7(5)9-10-8/h5-7H,3-4H2,1-2H3/t5-,6-,7+/m0/s1. The maximum atomic E-state index is 8.20. The molecule has 1 saturated heterocycles. The number of hydrogen-bond acceptors (Lipinski definition) is 2. The molecule has 11 heavy (non-hydrogen) atoms. The summed E-state index contributed by atoms with van der Waals surface area (Å²) < 4.78 is 5.35. The summed E-state index contributed by atoms with van der Waals surface area (Å²) in [6.07, 6.45) is 1.30.